The molecular weight excluding hydrogens is 320 g/mol. The van der Waals surface area contributed by atoms with Crippen LogP contribution in [0.4, 0.5) is 5.69 Å². The van der Waals surface area contributed by atoms with Crippen molar-refractivity contribution in [2.24, 2.45) is 0 Å². The molecule has 0 aliphatic rings. The van der Waals surface area contributed by atoms with E-state index in [2.05, 4.69) is 4.98 Å². The van der Waals surface area contributed by atoms with Crippen LogP contribution in [0.25, 0.3) is 0 Å². The van der Waals surface area contributed by atoms with Crippen LogP contribution < -0.4 is 5.73 Å². The summed E-state index contributed by atoms with van der Waals surface area (Å²) in [4.78, 5) is 28.4. The lowest BCUT2D eigenvalue weighted by molar-refractivity contribution is -0.161. The second kappa shape index (κ2) is 7.42. The molecule has 0 saturated carbocycles. The summed E-state index contributed by atoms with van der Waals surface area (Å²) in [5, 5.41) is 0. The summed E-state index contributed by atoms with van der Waals surface area (Å²) in [7, 11) is 1.29. The number of nitrogens with one attached hydrogen (secondary N) is 1. The Hall–Kier alpha value is -2.76. The van der Waals surface area contributed by atoms with Gasteiger partial charge in [-0.1, -0.05) is 12.1 Å². The zero-order chi connectivity index (χ0) is 18.6. The average Bonchev–Trinajstić information content (AvgIpc) is 3.03. The van der Waals surface area contributed by atoms with E-state index in [1.54, 1.807) is 63.4 Å². The van der Waals surface area contributed by atoms with E-state index < -0.39 is 29.4 Å². The SMILES string of the molecule is COC(=O)C(c1cccc(N)c1)C(C(=O)OC(C)(C)C)c1ccc[nH]1. The highest BCUT2D eigenvalue weighted by atomic mass is 16.6. The molecule has 2 atom stereocenters. The molecule has 0 radical (unpaired) electrons. The lowest BCUT2D eigenvalue weighted by Crippen LogP contribution is -2.33. The second-order valence-electron chi connectivity index (χ2n) is 6.81. The quantitative estimate of drug-likeness (QED) is 0.642. The second-order valence-corrected chi connectivity index (χ2v) is 6.81. The first-order valence-corrected chi connectivity index (χ1v) is 8.02. The number of esters is 2. The number of hydrogen-bond acceptors (Lipinski definition) is 5. The van der Waals surface area contributed by atoms with E-state index in [0.717, 1.165) is 0 Å². The van der Waals surface area contributed by atoms with Crippen molar-refractivity contribution < 1.29 is 19.1 Å². The van der Waals surface area contributed by atoms with Crippen molar-refractivity contribution in [2.75, 3.05) is 12.8 Å². The number of methoxy groups -OCH3 is 1. The highest BCUT2D eigenvalue weighted by Crippen LogP contribution is 2.36. The van der Waals surface area contributed by atoms with Gasteiger partial charge in [-0.2, -0.15) is 0 Å². The van der Waals surface area contributed by atoms with E-state index in [4.69, 9.17) is 15.2 Å². The molecule has 0 saturated heterocycles. The number of nitrogens with two attached hydrogens (primary N) is 1. The van der Waals surface area contributed by atoms with Gasteiger partial charge in [0, 0.05) is 17.6 Å². The van der Waals surface area contributed by atoms with Crippen LogP contribution in [0, 0.1) is 0 Å². The summed E-state index contributed by atoms with van der Waals surface area (Å²) < 4.78 is 10.5. The van der Waals surface area contributed by atoms with Crippen LogP contribution in [0.2, 0.25) is 0 Å². The largest absolute Gasteiger partial charge is 0.469 e. The number of carbonyl (C=O) groups is 2. The van der Waals surface area contributed by atoms with E-state index in [9.17, 15) is 9.59 Å². The zero-order valence-corrected chi connectivity index (χ0v) is 14.9. The monoisotopic (exact) mass is 344 g/mol. The number of nitrogen functional groups attached to an aromatic ring is 1. The van der Waals surface area contributed by atoms with Crippen molar-refractivity contribution in [2.45, 2.75) is 38.2 Å². The van der Waals surface area contributed by atoms with E-state index in [0.29, 0.717) is 16.9 Å². The molecule has 2 unspecified atom stereocenters. The first kappa shape index (κ1) is 18.6. The molecule has 0 fully saturated rings. The van der Waals surface area contributed by atoms with Crippen molar-refractivity contribution in [3.05, 3.63) is 53.9 Å². The number of carbonyl (C=O) groups excluding carboxylic acids is 2. The fraction of sp³-hybridized carbons (Fsp3) is 0.368. The molecule has 2 rings (SSSR count). The number of aromatic amines is 1. The van der Waals surface area contributed by atoms with Gasteiger partial charge in [-0.05, 0) is 50.6 Å². The third-order valence-corrected chi connectivity index (χ3v) is 3.68. The van der Waals surface area contributed by atoms with Crippen LogP contribution >= 0.6 is 0 Å². The van der Waals surface area contributed by atoms with Crippen molar-refractivity contribution in [1.82, 2.24) is 4.98 Å². The molecule has 0 spiro atoms. The minimum atomic E-state index is -0.873. The van der Waals surface area contributed by atoms with Gasteiger partial charge in [-0.3, -0.25) is 9.59 Å². The molecule has 0 amide bonds. The van der Waals surface area contributed by atoms with Gasteiger partial charge in [-0.15, -0.1) is 0 Å². The van der Waals surface area contributed by atoms with Crippen LogP contribution in [0.1, 0.15) is 43.9 Å². The molecule has 1 aromatic heterocycles. The Labute approximate surface area is 147 Å². The van der Waals surface area contributed by atoms with E-state index in [1.165, 1.54) is 7.11 Å². The summed E-state index contributed by atoms with van der Waals surface area (Å²) in [6, 6.07) is 10.4. The van der Waals surface area contributed by atoms with Crippen molar-refractivity contribution in [3.63, 3.8) is 0 Å². The molecule has 6 nitrogen and oxygen atoms in total. The number of ether oxygens (including phenoxy) is 2. The van der Waals surface area contributed by atoms with Gasteiger partial charge in [0.25, 0.3) is 0 Å². The minimum Gasteiger partial charge on any atom is -0.469 e. The first-order chi connectivity index (χ1) is 11.7. The molecule has 0 aliphatic heterocycles. The molecule has 2 aromatic rings. The van der Waals surface area contributed by atoms with Gasteiger partial charge in [0.1, 0.15) is 17.4 Å². The van der Waals surface area contributed by atoms with Gasteiger partial charge < -0.3 is 20.2 Å². The normalized spacial score (nSPS) is 13.8. The third-order valence-electron chi connectivity index (χ3n) is 3.68. The van der Waals surface area contributed by atoms with Crippen LogP contribution in [0.3, 0.4) is 0 Å². The molecule has 3 N–H and O–H groups in total. The average molecular weight is 344 g/mol. The fourth-order valence-corrected chi connectivity index (χ4v) is 2.69. The smallest absolute Gasteiger partial charge is 0.316 e. The predicted octanol–water partition coefficient (Wildman–Crippen LogP) is 2.98. The summed E-state index contributed by atoms with van der Waals surface area (Å²) in [5.74, 6) is -2.78. The molecule has 6 heteroatoms. The van der Waals surface area contributed by atoms with Gasteiger partial charge in [0.15, 0.2) is 0 Å². The Morgan fingerprint density at radius 2 is 1.80 bits per heavy atom. The van der Waals surface area contributed by atoms with Gasteiger partial charge in [-0.25, -0.2) is 0 Å². The maximum atomic E-state index is 12.9. The maximum Gasteiger partial charge on any atom is 0.316 e. The Bertz CT molecular complexity index is 732. The Kier molecular flexibility index (Phi) is 5.51. The van der Waals surface area contributed by atoms with Crippen LogP contribution in [-0.2, 0) is 19.1 Å². The minimum absolute atomic E-state index is 0.501. The Balaban J connectivity index is 2.54. The molecule has 0 bridgehead atoms. The Morgan fingerprint density at radius 1 is 1.08 bits per heavy atom. The van der Waals surface area contributed by atoms with E-state index in [1.807, 2.05) is 0 Å². The van der Waals surface area contributed by atoms with Crippen LogP contribution in [0.15, 0.2) is 42.6 Å². The molecule has 1 heterocycles. The van der Waals surface area contributed by atoms with E-state index in [-0.39, 0.29) is 0 Å². The highest BCUT2D eigenvalue weighted by Gasteiger charge is 2.40. The molecule has 1 aromatic carbocycles. The lowest BCUT2D eigenvalue weighted by Gasteiger charge is -2.28. The molecular formula is C19H24N2O4. The fourth-order valence-electron chi connectivity index (χ4n) is 2.69. The van der Waals surface area contributed by atoms with Crippen molar-refractivity contribution in [1.29, 1.82) is 0 Å². The van der Waals surface area contributed by atoms with Crippen LogP contribution in [-0.4, -0.2) is 29.6 Å². The number of aromatic nitrogens is 1. The maximum absolute atomic E-state index is 12.9. The number of rotatable bonds is 5. The highest BCUT2D eigenvalue weighted by molar-refractivity contribution is 5.90. The third kappa shape index (κ3) is 4.62. The van der Waals surface area contributed by atoms with Gasteiger partial charge >= 0.3 is 11.9 Å². The van der Waals surface area contributed by atoms with Gasteiger partial charge in [0.2, 0.25) is 0 Å². The zero-order valence-electron chi connectivity index (χ0n) is 14.9. The number of hydrogen-bond donors (Lipinski definition) is 2. The van der Waals surface area contributed by atoms with Crippen molar-refractivity contribution in [3.8, 4) is 0 Å². The van der Waals surface area contributed by atoms with Crippen molar-refractivity contribution >= 4 is 17.6 Å². The number of anilines is 1. The van der Waals surface area contributed by atoms with Crippen LogP contribution in [0.5, 0.6) is 0 Å². The Morgan fingerprint density at radius 3 is 2.32 bits per heavy atom. The predicted molar refractivity (Wildman–Crippen MR) is 95.0 cm³/mol. The first-order valence-electron chi connectivity index (χ1n) is 8.02. The standard InChI is InChI=1S/C19H24N2O4/c1-19(2,3)25-18(23)16(14-9-6-10-21-14)15(17(22)24-4)12-7-5-8-13(20)11-12/h5-11,15-16,21H,20H2,1-4H3. The topological polar surface area (TPSA) is 94.4 Å². The van der Waals surface area contributed by atoms with E-state index >= 15 is 0 Å². The lowest BCUT2D eigenvalue weighted by atomic mass is 9.83. The summed E-state index contributed by atoms with van der Waals surface area (Å²) in [5.41, 5.74) is 6.85. The summed E-state index contributed by atoms with van der Waals surface area (Å²) >= 11 is 0. The number of H-pyrrole nitrogens is 1. The summed E-state index contributed by atoms with van der Waals surface area (Å²) in [6.07, 6.45) is 1.69. The molecule has 25 heavy (non-hydrogen) atoms. The molecule has 134 valence electrons. The summed E-state index contributed by atoms with van der Waals surface area (Å²) in [6.45, 7) is 5.35. The molecule has 0 aliphatic carbocycles. The number of benzene rings is 1. The van der Waals surface area contributed by atoms with Gasteiger partial charge in [0.05, 0.1) is 7.11 Å².